The molecule has 0 aliphatic heterocycles. The largest absolute Gasteiger partial charge is 0.462 e. The van der Waals surface area contributed by atoms with Gasteiger partial charge in [-0.05, 0) is 122 Å². The maximum Gasteiger partial charge on any atom is 0.306 e. The third-order valence-electron chi connectivity index (χ3n) is 9.94. The van der Waals surface area contributed by atoms with E-state index >= 15 is 0 Å². The van der Waals surface area contributed by atoms with Crippen molar-refractivity contribution < 1.29 is 23.8 Å². The van der Waals surface area contributed by atoms with E-state index in [1.54, 1.807) is 0 Å². The number of unbranched alkanes of at least 4 members (excludes halogenated alkanes) is 13. The van der Waals surface area contributed by atoms with E-state index < -0.39 is 6.10 Å². The summed E-state index contributed by atoms with van der Waals surface area (Å²) in [5.74, 6) is -0.469. The van der Waals surface area contributed by atoms with Crippen LogP contribution in [0.3, 0.4) is 0 Å². The number of carbonyl (C=O) groups excluding carboxylic acids is 2. The highest BCUT2D eigenvalue weighted by Crippen LogP contribution is 2.12. The topological polar surface area (TPSA) is 61.8 Å². The van der Waals surface area contributed by atoms with Crippen LogP contribution in [0.1, 0.15) is 201 Å². The zero-order chi connectivity index (χ0) is 44.9. The molecule has 0 aliphatic rings. The molecule has 0 amide bonds. The molecular weight excluding hydrogens is 765 g/mol. The van der Waals surface area contributed by atoms with Gasteiger partial charge in [-0.15, -0.1) is 0 Å². The molecule has 0 spiro atoms. The molecule has 0 aromatic heterocycles. The molecule has 0 aromatic rings. The smallest absolute Gasteiger partial charge is 0.306 e. The number of allylic oxidation sites excluding steroid dienone is 20. The van der Waals surface area contributed by atoms with E-state index in [2.05, 4.69) is 142 Å². The lowest BCUT2D eigenvalue weighted by molar-refractivity contribution is -0.163. The van der Waals surface area contributed by atoms with Crippen molar-refractivity contribution in [2.75, 3.05) is 19.8 Å². The van der Waals surface area contributed by atoms with E-state index in [-0.39, 0.29) is 25.2 Å². The van der Waals surface area contributed by atoms with Crippen LogP contribution in [0, 0.1) is 0 Å². The van der Waals surface area contributed by atoms with Crippen molar-refractivity contribution in [1.82, 2.24) is 0 Å². The van der Waals surface area contributed by atoms with Crippen LogP contribution in [0.15, 0.2) is 122 Å². The molecule has 5 nitrogen and oxygen atoms in total. The summed E-state index contributed by atoms with van der Waals surface area (Å²) in [4.78, 5) is 25.4. The molecule has 0 heterocycles. The maximum absolute atomic E-state index is 12.8. The molecule has 0 rings (SSSR count). The van der Waals surface area contributed by atoms with Crippen molar-refractivity contribution in [2.45, 2.75) is 207 Å². The standard InChI is InChI=1S/C57H92O5/c1-4-7-10-13-16-19-22-25-27-29-30-33-35-38-41-44-47-50-56(58)61-54-55(62-57(59)51-48-45-42-39-36-32-24-21-18-15-12-9-6-3)53-60-52-49-46-43-40-37-34-31-28-26-23-20-17-14-11-8-5-2/h7-8,10-12,15-17,19-21,24-28,30,33-34,37,55H,4-6,9,13-14,18,22-23,29,31-32,35-36,38-54H2,1-3H3/b10-7-,11-8-,15-12-,19-16-,20-17-,24-21-,27-25-,28-26-,33-30-,37-34-. The van der Waals surface area contributed by atoms with E-state index in [4.69, 9.17) is 14.2 Å². The van der Waals surface area contributed by atoms with Crippen molar-refractivity contribution >= 4 is 11.9 Å². The second kappa shape index (κ2) is 51.6. The van der Waals surface area contributed by atoms with Gasteiger partial charge in [0.1, 0.15) is 6.61 Å². The Morgan fingerprint density at radius 3 is 1.16 bits per heavy atom. The van der Waals surface area contributed by atoms with Crippen LogP contribution in [0.5, 0.6) is 0 Å². The minimum Gasteiger partial charge on any atom is -0.462 e. The number of carbonyl (C=O) groups is 2. The van der Waals surface area contributed by atoms with Gasteiger partial charge in [-0.2, -0.15) is 0 Å². The molecule has 0 fully saturated rings. The first-order valence-corrected chi connectivity index (χ1v) is 25.1. The van der Waals surface area contributed by atoms with Gasteiger partial charge in [0, 0.05) is 19.4 Å². The molecule has 0 saturated carbocycles. The summed E-state index contributed by atoms with van der Waals surface area (Å²) in [7, 11) is 0. The predicted octanol–water partition coefficient (Wildman–Crippen LogP) is 17.0. The van der Waals surface area contributed by atoms with Crippen LogP contribution in [-0.4, -0.2) is 37.9 Å². The number of hydrogen-bond acceptors (Lipinski definition) is 5. The van der Waals surface area contributed by atoms with Crippen LogP contribution >= 0.6 is 0 Å². The normalized spacial score (nSPS) is 13.3. The molecule has 350 valence electrons. The van der Waals surface area contributed by atoms with Crippen LogP contribution < -0.4 is 0 Å². The highest BCUT2D eigenvalue weighted by atomic mass is 16.6. The predicted molar refractivity (Wildman–Crippen MR) is 269 cm³/mol. The lowest BCUT2D eigenvalue weighted by Gasteiger charge is -2.18. The summed E-state index contributed by atoms with van der Waals surface area (Å²) < 4.78 is 17.3. The number of rotatable bonds is 44. The SMILES string of the molecule is CC/C=C\C/C=C\C/C=C\C/C=C\CCCCCCC(=O)OCC(COCCCCC/C=C\C/C=C\C/C=C\C/C=C\CC)OC(=O)CCCCCCC/C=C\C/C=C\CCC. The molecule has 0 aromatic carbocycles. The average Bonchev–Trinajstić information content (AvgIpc) is 3.27. The van der Waals surface area contributed by atoms with E-state index in [1.807, 2.05) is 0 Å². The summed E-state index contributed by atoms with van der Waals surface area (Å²) >= 11 is 0. The molecule has 0 radical (unpaired) electrons. The molecule has 5 heteroatoms. The van der Waals surface area contributed by atoms with Crippen molar-refractivity contribution in [3.8, 4) is 0 Å². The number of esters is 2. The summed E-state index contributed by atoms with van der Waals surface area (Å²) in [5.41, 5.74) is 0. The third kappa shape index (κ3) is 49.0. The summed E-state index contributed by atoms with van der Waals surface area (Å²) in [5, 5.41) is 0. The Bertz CT molecular complexity index is 1290. The Kier molecular flexibility index (Phi) is 48.6. The van der Waals surface area contributed by atoms with Crippen LogP contribution in [0.4, 0.5) is 0 Å². The van der Waals surface area contributed by atoms with Gasteiger partial charge in [0.2, 0.25) is 0 Å². The van der Waals surface area contributed by atoms with Crippen molar-refractivity contribution in [2.24, 2.45) is 0 Å². The fourth-order valence-corrected chi connectivity index (χ4v) is 6.29. The Labute approximate surface area is 382 Å². The van der Waals surface area contributed by atoms with Crippen molar-refractivity contribution in [3.05, 3.63) is 122 Å². The highest BCUT2D eigenvalue weighted by Gasteiger charge is 2.17. The minimum absolute atomic E-state index is 0.0458. The lowest BCUT2D eigenvalue weighted by atomic mass is 10.1. The maximum atomic E-state index is 12.8. The van der Waals surface area contributed by atoms with Crippen LogP contribution in [-0.2, 0) is 23.8 Å². The summed E-state index contributed by atoms with van der Waals surface area (Å²) in [6.07, 6.45) is 72.0. The van der Waals surface area contributed by atoms with Gasteiger partial charge in [0.05, 0.1) is 6.61 Å². The second-order valence-electron chi connectivity index (χ2n) is 15.9. The van der Waals surface area contributed by atoms with Crippen LogP contribution in [0.25, 0.3) is 0 Å². The van der Waals surface area contributed by atoms with E-state index in [0.717, 1.165) is 148 Å². The lowest BCUT2D eigenvalue weighted by Crippen LogP contribution is -2.30. The number of hydrogen-bond donors (Lipinski definition) is 0. The summed E-state index contributed by atoms with van der Waals surface area (Å²) in [6, 6.07) is 0. The van der Waals surface area contributed by atoms with Crippen molar-refractivity contribution in [1.29, 1.82) is 0 Å². The Morgan fingerprint density at radius 2 is 0.726 bits per heavy atom. The fourth-order valence-electron chi connectivity index (χ4n) is 6.29. The van der Waals surface area contributed by atoms with Crippen molar-refractivity contribution in [3.63, 3.8) is 0 Å². The van der Waals surface area contributed by atoms with Gasteiger partial charge in [0.15, 0.2) is 6.10 Å². The molecular formula is C57H92O5. The van der Waals surface area contributed by atoms with Crippen LogP contribution in [0.2, 0.25) is 0 Å². The zero-order valence-electron chi connectivity index (χ0n) is 40.1. The molecule has 0 aliphatic carbocycles. The minimum atomic E-state index is -0.578. The van der Waals surface area contributed by atoms with Gasteiger partial charge in [-0.25, -0.2) is 0 Å². The van der Waals surface area contributed by atoms with Gasteiger partial charge >= 0.3 is 11.9 Å². The Morgan fingerprint density at radius 1 is 0.371 bits per heavy atom. The second-order valence-corrected chi connectivity index (χ2v) is 15.9. The molecule has 1 atom stereocenters. The molecule has 0 saturated heterocycles. The van der Waals surface area contributed by atoms with Gasteiger partial charge in [-0.1, -0.05) is 187 Å². The molecule has 1 unspecified atom stereocenters. The van der Waals surface area contributed by atoms with E-state index in [0.29, 0.717) is 19.4 Å². The van der Waals surface area contributed by atoms with Gasteiger partial charge < -0.3 is 14.2 Å². The van der Waals surface area contributed by atoms with Gasteiger partial charge in [0.25, 0.3) is 0 Å². The number of ether oxygens (including phenoxy) is 3. The third-order valence-corrected chi connectivity index (χ3v) is 9.94. The first-order chi connectivity index (χ1) is 30.6. The average molecular weight is 857 g/mol. The van der Waals surface area contributed by atoms with E-state index in [1.165, 1.54) is 19.3 Å². The fraction of sp³-hybridized carbons (Fsp3) is 0.614. The molecule has 0 N–H and O–H groups in total. The van der Waals surface area contributed by atoms with Gasteiger partial charge in [-0.3, -0.25) is 9.59 Å². The Hall–Kier alpha value is -3.70. The highest BCUT2D eigenvalue weighted by molar-refractivity contribution is 5.70. The quantitative estimate of drug-likeness (QED) is 0.0347. The van der Waals surface area contributed by atoms with E-state index in [9.17, 15) is 9.59 Å². The first-order valence-electron chi connectivity index (χ1n) is 25.1. The molecule has 62 heavy (non-hydrogen) atoms. The first kappa shape index (κ1) is 58.3. The monoisotopic (exact) mass is 857 g/mol. The molecule has 0 bridgehead atoms. The Balaban J connectivity index is 4.42. The summed E-state index contributed by atoms with van der Waals surface area (Å²) in [6.45, 7) is 7.40. The zero-order valence-corrected chi connectivity index (χ0v) is 40.1.